The van der Waals surface area contributed by atoms with Crippen molar-refractivity contribution in [2.75, 3.05) is 31.1 Å². The fourth-order valence-corrected chi connectivity index (χ4v) is 4.95. The number of hydrogen-bond donors (Lipinski definition) is 1. The van der Waals surface area contributed by atoms with Crippen molar-refractivity contribution < 1.29 is 13.2 Å². The first-order chi connectivity index (χ1) is 15.8. The van der Waals surface area contributed by atoms with Gasteiger partial charge in [-0.15, -0.1) is 0 Å². The molecule has 2 heterocycles. The summed E-state index contributed by atoms with van der Waals surface area (Å²) in [6.07, 6.45) is 1.79. The van der Waals surface area contributed by atoms with Gasteiger partial charge in [0.25, 0.3) is 0 Å². The summed E-state index contributed by atoms with van der Waals surface area (Å²) in [6.45, 7) is 7.97. The summed E-state index contributed by atoms with van der Waals surface area (Å²) in [5.74, 6) is 0.921. The summed E-state index contributed by atoms with van der Waals surface area (Å²) in [5, 5.41) is 5.27. The molecule has 1 fully saturated rings. The maximum Gasteiger partial charge on any atom is 0.238 e. The van der Waals surface area contributed by atoms with E-state index < -0.39 is 10.0 Å². The molecule has 9 heteroatoms. The number of piperazine rings is 1. The molecule has 8 nitrogen and oxygen atoms in total. The largest absolute Gasteiger partial charge is 0.368 e. The van der Waals surface area contributed by atoms with Crippen molar-refractivity contribution in [3.05, 3.63) is 53.9 Å². The second-order valence-corrected chi connectivity index (χ2v) is 10.1. The van der Waals surface area contributed by atoms with Crippen LogP contribution in [0.3, 0.4) is 0 Å². The van der Waals surface area contributed by atoms with Gasteiger partial charge in [-0.3, -0.25) is 4.79 Å². The third-order valence-electron chi connectivity index (χ3n) is 6.14. The van der Waals surface area contributed by atoms with Crippen LogP contribution in [0.4, 0.5) is 5.69 Å². The van der Waals surface area contributed by atoms with Crippen molar-refractivity contribution >= 4 is 32.7 Å². The highest BCUT2D eigenvalue weighted by molar-refractivity contribution is 7.89. The molecule has 4 rings (SSSR count). The molecule has 1 aromatic heterocycles. The van der Waals surface area contributed by atoms with E-state index in [1.807, 2.05) is 4.90 Å². The van der Waals surface area contributed by atoms with Gasteiger partial charge in [-0.05, 0) is 49.2 Å². The number of amides is 1. The zero-order chi connectivity index (χ0) is 23.6. The predicted octanol–water partition coefficient (Wildman–Crippen LogP) is 2.68. The van der Waals surface area contributed by atoms with Crippen LogP contribution < -0.4 is 10.0 Å². The Morgan fingerprint density at radius 1 is 1.09 bits per heavy atom. The van der Waals surface area contributed by atoms with E-state index in [2.05, 4.69) is 52.6 Å². The fraction of sp³-hybridized carbons (Fsp3) is 0.417. The number of aromatic nitrogens is 2. The first-order valence-electron chi connectivity index (χ1n) is 11.4. The number of nitrogens with zero attached hydrogens (tertiary/aromatic N) is 4. The molecular formula is C24H31N5O3S. The van der Waals surface area contributed by atoms with Gasteiger partial charge in [-0.1, -0.05) is 19.1 Å². The van der Waals surface area contributed by atoms with E-state index in [-0.39, 0.29) is 10.8 Å². The fourth-order valence-electron chi connectivity index (χ4n) is 4.42. The number of hydrogen-bond acceptors (Lipinski definition) is 5. The lowest BCUT2D eigenvalue weighted by atomic mass is 10.2. The number of aryl methyl sites for hydroxylation is 3. The van der Waals surface area contributed by atoms with Gasteiger partial charge in [0.1, 0.15) is 5.82 Å². The Labute approximate surface area is 195 Å². The molecule has 0 spiro atoms. The molecular weight excluding hydrogens is 438 g/mol. The molecule has 1 aliphatic rings. The molecule has 0 bridgehead atoms. The van der Waals surface area contributed by atoms with Crippen molar-refractivity contribution in [3.8, 4) is 0 Å². The Hall–Kier alpha value is -2.91. The number of rotatable bonds is 7. The average Bonchev–Trinajstić information content (AvgIpc) is 3.14. The van der Waals surface area contributed by atoms with E-state index in [4.69, 9.17) is 5.14 Å². The predicted molar refractivity (Wildman–Crippen MR) is 130 cm³/mol. The third-order valence-corrected chi connectivity index (χ3v) is 7.05. The van der Waals surface area contributed by atoms with E-state index in [1.54, 1.807) is 6.07 Å². The minimum absolute atomic E-state index is 0.0465. The Bertz CT molecular complexity index is 1260. The van der Waals surface area contributed by atoms with Gasteiger partial charge in [-0.2, -0.15) is 0 Å². The number of imidazole rings is 1. The van der Waals surface area contributed by atoms with Gasteiger partial charge in [0.15, 0.2) is 0 Å². The van der Waals surface area contributed by atoms with Gasteiger partial charge in [0.05, 0.1) is 15.9 Å². The first-order valence-corrected chi connectivity index (χ1v) is 12.9. The smallest absolute Gasteiger partial charge is 0.238 e. The van der Waals surface area contributed by atoms with Gasteiger partial charge < -0.3 is 14.4 Å². The quantitative estimate of drug-likeness (QED) is 0.573. The van der Waals surface area contributed by atoms with Crippen molar-refractivity contribution in [3.63, 3.8) is 0 Å². The molecule has 1 aliphatic heterocycles. The Morgan fingerprint density at radius 3 is 2.52 bits per heavy atom. The van der Waals surface area contributed by atoms with Crippen LogP contribution in [-0.2, 0) is 27.8 Å². The van der Waals surface area contributed by atoms with E-state index in [9.17, 15) is 13.2 Å². The molecule has 2 aromatic carbocycles. The van der Waals surface area contributed by atoms with Crippen molar-refractivity contribution in [2.24, 2.45) is 5.14 Å². The molecule has 2 N–H and O–H groups in total. The molecule has 0 atom stereocenters. The summed E-state index contributed by atoms with van der Waals surface area (Å²) in [5.41, 5.74) is 3.88. The van der Waals surface area contributed by atoms with Crippen molar-refractivity contribution in [1.29, 1.82) is 0 Å². The monoisotopic (exact) mass is 469 g/mol. The normalized spacial score (nSPS) is 14.8. The molecule has 3 aromatic rings. The number of carbonyl (C=O) groups excluding carboxylic acids is 1. The van der Waals surface area contributed by atoms with E-state index in [0.717, 1.165) is 37.4 Å². The van der Waals surface area contributed by atoms with Crippen LogP contribution in [0, 0.1) is 6.92 Å². The first kappa shape index (κ1) is 23.3. The van der Waals surface area contributed by atoms with E-state index in [0.29, 0.717) is 31.4 Å². The zero-order valence-corrected chi connectivity index (χ0v) is 20.0. The molecule has 0 saturated carbocycles. The lowest BCUT2D eigenvalue weighted by Gasteiger charge is -2.36. The molecule has 1 saturated heterocycles. The lowest BCUT2D eigenvalue weighted by Crippen LogP contribution is -2.48. The summed E-state index contributed by atoms with van der Waals surface area (Å²) < 4.78 is 25.5. The Morgan fingerprint density at radius 2 is 1.85 bits per heavy atom. The maximum atomic E-state index is 12.9. The van der Waals surface area contributed by atoms with Crippen molar-refractivity contribution in [1.82, 2.24) is 14.5 Å². The van der Waals surface area contributed by atoms with Crippen molar-refractivity contribution in [2.45, 2.75) is 44.6 Å². The minimum atomic E-state index is -3.79. The molecule has 1 amide bonds. The van der Waals surface area contributed by atoms with Gasteiger partial charge in [-0.25, -0.2) is 18.5 Å². The molecule has 176 valence electrons. The molecule has 0 unspecified atom stereocenters. The maximum absolute atomic E-state index is 12.9. The number of primary sulfonamides is 1. The standard InChI is InChI=1S/C24H31N5O3S/c1-3-11-29-22-8-7-20(33(25,31)32)17-21(22)26-23(29)9-10-24(30)28-14-12-27(13-15-28)19-6-4-5-18(2)16-19/h4-8,16-17H,3,9-15H2,1-2H3,(H2,25,31,32). The molecule has 33 heavy (non-hydrogen) atoms. The Kier molecular flexibility index (Phi) is 6.71. The van der Waals surface area contributed by atoms with Gasteiger partial charge in [0, 0.05) is 51.3 Å². The summed E-state index contributed by atoms with van der Waals surface area (Å²) >= 11 is 0. The number of fused-ring (bicyclic) bond motifs is 1. The van der Waals surface area contributed by atoms with Crippen LogP contribution >= 0.6 is 0 Å². The highest BCUT2D eigenvalue weighted by Crippen LogP contribution is 2.22. The highest BCUT2D eigenvalue weighted by atomic mass is 32.2. The van der Waals surface area contributed by atoms with Crippen LogP contribution in [0.15, 0.2) is 47.4 Å². The second-order valence-electron chi connectivity index (χ2n) is 8.58. The van der Waals surface area contributed by atoms with Gasteiger partial charge >= 0.3 is 0 Å². The molecule has 0 radical (unpaired) electrons. The van der Waals surface area contributed by atoms with Crippen LogP contribution in [0.5, 0.6) is 0 Å². The highest BCUT2D eigenvalue weighted by Gasteiger charge is 2.22. The van der Waals surface area contributed by atoms with Crippen LogP contribution in [-0.4, -0.2) is 55.0 Å². The van der Waals surface area contributed by atoms with Gasteiger partial charge in [0.2, 0.25) is 15.9 Å². The number of nitrogens with two attached hydrogens (primary N) is 1. The van der Waals surface area contributed by atoms with E-state index in [1.165, 1.54) is 23.4 Å². The zero-order valence-electron chi connectivity index (χ0n) is 19.2. The summed E-state index contributed by atoms with van der Waals surface area (Å²) in [7, 11) is -3.79. The SMILES string of the molecule is CCCn1c(CCC(=O)N2CCN(c3cccc(C)c3)CC2)nc2cc(S(N)(=O)=O)ccc21. The number of anilines is 1. The Balaban J connectivity index is 1.42. The second kappa shape index (κ2) is 9.52. The van der Waals surface area contributed by atoms with Crippen LogP contribution in [0.2, 0.25) is 0 Å². The lowest BCUT2D eigenvalue weighted by molar-refractivity contribution is -0.131. The summed E-state index contributed by atoms with van der Waals surface area (Å²) in [4.78, 5) is 21.9. The molecule has 0 aliphatic carbocycles. The van der Waals surface area contributed by atoms with E-state index >= 15 is 0 Å². The number of sulfonamides is 1. The third kappa shape index (κ3) is 5.20. The topological polar surface area (TPSA) is 102 Å². The van der Waals surface area contributed by atoms with Crippen LogP contribution in [0.25, 0.3) is 11.0 Å². The number of carbonyl (C=O) groups is 1. The number of benzene rings is 2. The summed E-state index contributed by atoms with van der Waals surface area (Å²) in [6, 6.07) is 13.2. The van der Waals surface area contributed by atoms with Crippen LogP contribution in [0.1, 0.15) is 31.2 Å². The average molecular weight is 470 g/mol. The minimum Gasteiger partial charge on any atom is -0.368 e.